The Labute approximate surface area is 116 Å². The predicted molar refractivity (Wildman–Crippen MR) is 78.7 cm³/mol. The highest BCUT2D eigenvalue weighted by Gasteiger charge is 2.23. The van der Waals surface area contributed by atoms with Crippen molar-refractivity contribution in [2.24, 2.45) is 5.92 Å². The summed E-state index contributed by atoms with van der Waals surface area (Å²) in [5.74, 6) is 0.699. The fourth-order valence-electron chi connectivity index (χ4n) is 2.71. The lowest BCUT2D eigenvalue weighted by Crippen LogP contribution is -2.44. The number of benzene rings is 1. The Morgan fingerprint density at radius 2 is 2.16 bits per heavy atom. The molecule has 106 valence electrons. The Kier molecular flexibility index (Phi) is 5.83. The van der Waals surface area contributed by atoms with Gasteiger partial charge in [0, 0.05) is 12.6 Å². The molecule has 0 saturated carbocycles. The van der Waals surface area contributed by atoms with E-state index < -0.39 is 0 Å². The molecule has 3 nitrogen and oxygen atoms in total. The molecule has 2 unspecified atom stereocenters. The molecule has 19 heavy (non-hydrogen) atoms. The standard InChI is InChI=1S/C16H26N2O/c1-3-18-11-7-10-16(12-18)14(2)17-19-13-15-8-5-4-6-9-15/h4-6,8-9,14,16-17H,3,7,10-13H2,1-2H3. The fourth-order valence-corrected chi connectivity index (χ4v) is 2.71. The van der Waals surface area contributed by atoms with Crippen LogP contribution in [0.1, 0.15) is 32.3 Å². The summed E-state index contributed by atoms with van der Waals surface area (Å²) in [7, 11) is 0. The van der Waals surface area contributed by atoms with Gasteiger partial charge in [0.1, 0.15) is 0 Å². The third-order valence-corrected chi connectivity index (χ3v) is 4.05. The fraction of sp³-hybridized carbons (Fsp3) is 0.625. The number of hydrogen-bond acceptors (Lipinski definition) is 3. The van der Waals surface area contributed by atoms with Crippen molar-refractivity contribution in [2.75, 3.05) is 19.6 Å². The van der Waals surface area contributed by atoms with Crippen LogP contribution in [0.25, 0.3) is 0 Å². The van der Waals surface area contributed by atoms with Crippen LogP contribution >= 0.6 is 0 Å². The molecule has 1 N–H and O–H groups in total. The number of hydroxylamine groups is 1. The van der Waals surface area contributed by atoms with E-state index in [1.165, 1.54) is 31.5 Å². The average Bonchev–Trinajstić information content (AvgIpc) is 2.48. The summed E-state index contributed by atoms with van der Waals surface area (Å²) in [4.78, 5) is 8.17. The zero-order valence-corrected chi connectivity index (χ0v) is 12.1. The second-order valence-corrected chi connectivity index (χ2v) is 5.48. The summed E-state index contributed by atoms with van der Waals surface area (Å²) in [6, 6.07) is 10.7. The monoisotopic (exact) mass is 262 g/mol. The molecule has 2 rings (SSSR count). The minimum absolute atomic E-state index is 0.415. The number of nitrogens with one attached hydrogen (secondary N) is 1. The van der Waals surface area contributed by atoms with Gasteiger partial charge in [-0.05, 0) is 44.3 Å². The Bertz CT molecular complexity index is 355. The normalized spacial score (nSPS) is 22.3. The maximum atomic E-state index is 5.64. The SMILES string of the molecule is CCN1CCCC(C(C)NOCc2ccccc2)C1. The molecule has 0 radical (unpaired) electrons. The summed E-state index contributed by atoms with van der Waals surface area (Å²) in [5.41, 5.74) is 4.43. The minimum atomic E-state index is 0.415. The molecule has 2 atom stereocenters. The number of likely N-dealkylation sites (tertiary alicyclic amines) is 1. The van der Waals surface area contributed by atoms with Crippen molar-refractivity contribution in [3.8, 4) is 0 Å². The summed E-state index contributed by atoms with van der Waals surface area (Å²) in [5, 5.41) is 0. The predicted octanol–water partition coefficient (Wildman–Crippen LogP) is 2.83. The van der Waals surface area contributed by atoms with E-state index in [-0.39, 0.29) is 0 Å². The van der Waals surface area contributed by atoms with Crippen molar-refractivity contribution < 1.29 is 4.84 Å². The lowest BCUT2D eigenvalue weighted by Gasteiger charge is -2.35. The van der Waals surface area contributed by atoms with Crippen LogP contribution in [-0.2, 0) is 11.4 Å². The van der Waals surface area contributed by atoms with Gasteiger partial charge in [0.2, 0.25) is 0 Å². The summed E-state index contributed by atoms with van der Waals surface area (Å²) in [6.07, 6.45) is 2.61. The highest BCUT2D eigenvalue weighted by atomic mass is 16.6. The zero-order chi connectivity index (χ0) is 13.5. The van der Waals surface area contributed by atoms with Crippen LogP contribution in [0.15, 0.2) is 30.3 Å². The molecular weight excluding hydrogens is 236 g/mol. The van der Waals surface area contributed by atoms with E-state index in [0.29, 0.717) is 18.6 Å². The van der Waals surface area contributed by atoms with Crippen LogP contribution in [0.5, 0.6) is 0 Å². The quantitative estimate of drug-likeness (QED) is 0.798. The van der Waals surface area contributed by atoms with Crippen LogP contribution in [0.2, 0.25) is 0 Å². The van der Waals surface area contributed by atoms with Gasteiger partial charge in [-0.25, -0.2) is 0 Å². The first-order chi connectivity index (χ1) is 9.29. The largest absolute Gasteiger partial charge is 0.303 e. The minimum Gasteiger partial charge on any atom is -0.303 e. The Morgan fingerprint density at radius 3 is 2.89 bits per heavy atom. The first-order valence-electron chi connectivity index (χ1n) is 7.43. The molecular formula is C16H26N2O. The topological polar surface area (TPSA) is 24.5 Å². The number of nitrogens with zero attached hydrogens (tertiary/aromatic N) is 1. The lowest BCUT2D eigenvalue weighted by atomic mass is 9.92. The van der Waals surface area contributed by atoms with Crippen molar-refractivity contribution in [1.82, 2.24) is 10.4 Å². The van der Waals surface area contributed by atoms with Crippen LogP contribution in [0, 0.1) is 5.92 Å². The van der Waals surface area contributed by atoms with Gasteiger partial charge in [0.15, 0.2) is 0 Å². The highest BCUT2D eigenvalue weighted by molar-refractivity contribution is 5.13. The summed E-state index contributed by atoms with van der Waals surface area (Å²) >= 11 is 0. The van der Waals surface area contributed by atoms with E-state index in [2.05, 4.69) is 36.4 Å². The maximum Gasteiger partial charge on any atom is 0.0933 e. The summed E-state index contributed by atoms with van der Waals surface area (Å²) in [6.45, 7) is 8.72. The molecule has 1 aromatic carbocycles. The zero-order valence-electron chi connectivity index (χ0n) is 12.1. The smallest absolute Gasteiger partial charge is 0.0933 e. The van der Waals surface area contributed by atoms with E-state index in [9.17, 15) is 0 Å². The van der Waals surface area contributed by atoms with E-state index in [0.717, 1.165) is 6.54 Å². The second-order valence-electron chi connectivity index (χ2n) is 5.48. The molecule has 1 aromatic rings. The molecule has 1 heterocycles. The number of piperidine rings is 1. The van der Waals surface area contributed by atoms with E-state index in [1.54, 1.807) is 0 Å². The van der Waals surface area contributed by atoms with Crippen LogP contribution in [0.3, 0.4) is 0 Å². The lowest BCUT2D eigenvalue weighted by molar-refractivity contribution is -0.0154. The van der Waals surface area contributed by atoms with Crippen molar-refractivity contribution in [3.63, 3.8) is 0 Å². The first kappa shape index (κ1) is 14.5. The van der Waals surface area contributed by atoms with Crippen molar-refractivity contribution in [3.05, 3.63) is 35.9 Å². The van der Waals surface area contributed by atoms with Gasteiger partial charge in [0.05, 0.1) is 6.61 Å². The van der Waals surface area contributed by atoms with E-state index >= 15 is 0 Å². The van der Waals surface area contributed by atoms with Crippen LogP contribution < -0.4 is 5.48 Å². The number of hydrogen-bond donors (Lipinski definition) is 1. The van der Waals surface area contributed by atoms with Crippen molar-refractivity contribution in [1.29, 1.82) is 0 Å². The molecule has 0 aromatic heterocycles. The molecule has 0 amide bonds. The van der Waals surface area contributed by atoms with Gasteiger partial charge in [0.25, 0.3) is 0 Å². The third kappa shape index (κ3) is 4.60. The van der Waals surface area contributed by atoms with Crippen LogP contribution in [-0.4, -0.2) is 30.6 Å². The molecule has 1 fully saturated rings. The molecule has 1 aliphatic heterocycles. The number of rotatable bonds is 6. The molecule has 0 spiro atoms. The van der Waals surface area contributed by atoms with Gasteiger partial charge in [-0.1, -0.05) is 37.3 Å². The third-order valence-electron chi connectivity index (χ3n) is 4.05. The van der Waals surface area contributed by atoms with E-state index in [1.807, 2.05) is 18.2 Å². The Balaban J connectivity index is 1.70. The molecule has 1 saturated heterocycles. The van der Waals surface area contributed by atoms with Gasteiger partial charge in [-0.2, -0.15) is 5.48 Å². The molecule has 0 bridgehead atoms. The van der Waals surface area contributed by atoms with Gasteiger partial charge < -0.3 is 4.90 Å². The maximum absolute atomic E-state index is 5.64. The second kappa shape index (κ2) is 7.63. The van der Waals surface area contributed by atoms with Gasteiger partial charge in [-0.3, -0.25) is 4.84 Å². The highest BCUT2D eigenvalue weighted by Crippen LogP contribution is 2.19. The first-order valence-corrected chi connectivity index (χ1v) is 7.43. The molecule has 1 aliphatic rings. The van der Waals surface area contributed by atoms with Gasteiger partial charge in [-0.15, -0.1) is 0 Å². The van der Waals surface area contributed by atoms with Gasteiger partial charge >= 0.3 is 0 Å². The Morgan fingerprint density at radius 1 is 1.37 bits per heavy atom. The summed E-state index contributed by atoms with van der Waals surface area (Å²) < 4.78 is 0. The molecule has 0 aliphatic carbocycles. The Hall–Kier alpha value is -0.900. The molecule has 3 heteroatoms. The van der Waals surface area contributed by atoms with Crippen molar-refractivity contribution >= 4 is 0 Å². The van der Waals surface area contributed by atoms with E-state index in [4.69, 9.17) is 4.84 Å². The average molecular weight is 262 g/mol. The van der Waals surface area contributed by atoms with Crippen LogP contribution in [0.4, 0.5) is 0 Å². The van der Waals surface area contributed by atoms with Crippen molar-refractivity contribution in [2.45, 2.75) is 39.3 Å².